The Hall–Kier alpha value is -0.710. The maximum Gasteiger partial charge on any atom is 0.114 e. The van der Waals surface area contributed by atoms with E-state index in [4.69, 9.17) is 0 Å². The van der Waals surface area contributed by atoms with Gasteiger partial charge in [0.05, 0.1) is 6.10 Å². The van der Waals surface area contributed by atoms with Crippen LogP contribution in [-0.4, -0.2) is 35.0 Å². The number of aliphatic hydroxyl groups excluding tert-OH is 1. The molecule has 0 aromatic carbocycles. The SMILES string of the molecule is Cc1cccc(C[C@H](O)[C@H]2C[C@@H](F)CN2)n1.Cl. The number of halogens is 2. The lowest BCUT2D eigenvalue weighted by molar-refractivity contribution is 0.132. The minimum atomic E-state index is -0.829. The number of nitrogens with zero attached hydrogens (tertiary/aromatic N) is 1. The van der Waals surface area contributed by atoms with Gasteiger partial charge in [0.1, 0.15) is 6.17 Å². The predicted molar refractivity (Wildman–Crippen MR) is 67.2 cm³/mol. The molecule has 1 saturated heterocycles. The lowest BCUT2D eigenvalue weighted by Crippen LogP contribution is -2.36. The first-order valence-corrected chi connectivity index (χ1v) is 5.63. The van der Waals surface area contributed by atoms with E-state index in [-0.39, 0.29) is 18.4 Å². The molecule has 0 bridgehead atoms. The minimum absolute atomic E-state index is 0. The molecule has 1 aliphatic rings. The maximum atomic E-state index is 12.9. The fourth-order valence-corrected chi connectivity index (χ4v) is 2.08. The number of hydrogen-bond acceptors (Lipinski definition) is 3. The van der Waals surface area contributed by atoms with Crippen molar-refractivity contribution >= 4 is 12.4 Å². The molecule has 1 aromatic rings. The molecule has 3 nitrogen and oxygen atoms in total. The van der Waals surface area contributed by atoms with Gasteiger partial charge in [-0.05, 0) is 25.5 Å². The summed E-state index contributed by atoms with van der Waals surface area (Å²) in [5, 5.41) is 12.9. The molecule has 1 aromatic heterocycles. The summed E-state index contributed by atoms with van der Waals surface area (Å²) in [6.07, 6.45) is -0.515. The molecule has 17 heavy (non-hydrogen) atoms. The number of aliphatic hydroxyl groups is 1. The highest BCUT2D eigenvalue weighted by atomic mass is 35.5. The topological polar surface area (TPSA) is 45.1 Å². The van der Waals surface area contributed by atoms with E-state index < -0.39 is 12.3 Å². The molecule has 2 rings (SSSR count). The first-order valence-electron chi connectivity index (χ1n) is 5.63. The second-order valence-electron chi connectivity index (χ2n) is 4.39. The summed E-state index contributed by atoms with van der Waals surface area (Å²) in [6, 6.07) is 5.58. The van der Waals surface area contributed by atoms with Crippen LogP contribution in [0.4, 0.5) is 4.39 Å². The number of hydrogen-bond donors (Lipinski definition) is 2. The number of aryl methyl sites for hydroxylation is 1. The van der Waals surface area contributed by atoms with Gasteiger partial charge in [0.25, 0.3) is 0 Å². The summed E-state index contributed by atoms with van der Waals surface area (Å²) in [4.78, 5) is 4.32. The van der Waals surface area contributed by atoms with Gasteiger partial charge in [0.15, 0.2) is 0 Å². The van der Waals surface area contributed by atoms with E-state index in [1.54, 1.807) is 0 Å². The van der Waals surface area contributed by atoms with E-state index in [0.29, 0.717) is 19.4 Å². The van der Waals surface area contributed by atoms with Crippen molar-refractivity contribution in [3.63, 3.8) is 0 Å². The zero-order chi connectivity index (χ0) is 11.5. The molecule has 5 heteroatoms. The highest BCUT2D eigenvalue weighted by Gasteiger charge is 2.29. The Balaban J connectivity index is 0.00000144. The van der Waals surface area contributed by atoms with Crippen LogP contribution in [0.2, 0.25) is 0 Å². The molecule has 2 N–H and O–H groups in total. The molecule has 2 heterocycles. The fourth-order valence-electron chi connectivity index (χ4n) is 2.08. The molecule has 96 valence electrons. The molecule has 0 aliphatic carbocycles. The van der Waals surface area contributed by atoms with Crippen molar-refractivity contribution in [3.8, 4) is 0 Å². The van der Waals surface area contributed by atoms with Crippen LogP contribution in [0.5, 0.6) is 0 Å². The van der Waals surface area contributed by atoms with Crippen molar-refractivity contribution < 1.29 is 9.50 Å². The second kappa shape index (κ2) is 6.28. The molecular weight excluding hydrogens is 243 g/mol. The van der Waals surface area contributed by atoms with Crippen molar-refractivity contribution in [1.82, 2.24) is 10.3 Å². The van der Waals surface area contributed by atoms with Crippen LogP contribution in [0.25, 0.3) is 0 Å². The average molecular weight is 261 g/mol. The fraction of sp³-hybridized carbons (Fsp3) is 0.583. The van der Waals surface area contributed by atoms with Crippen LogP contribution in [-0.2, 0) is 6.42 Å². The van der Waals surface area contributed by atoms with Gasteiger partial charge in [-0.15, -0.1) is 12.4 Å². The van der Waals surface area contributed by atoms with Crippen molar-refractivity contribution in [1.29, 1.82) is 0 Å². The maximum absolute atomic E-state index is 12.9. The molecule has 1 aliphatic heterocycles. The third-order valence-corrected chi connectivity index (χ3v) is 2.94. The summed E-state index contributed by atoms with van der Waals surface area (Å²) in [6.45, 7) is 2.27. The number of alkyl halides is 1. The molecule has 1 fully saturated rings. The van der Waals surface area contributed by atoms with Gasteiger partial charge in [-0.2, -0.15) is 0 Å². The lowest BCUT2D eigenvalue weighted by atomic mass is 10.0. The van der Waals surface area contributed by atoms with Gasteiger partial charge in [-0.1, -0.05) is 6.07 Å². The monoisotopic (exact) mass is 260 g/mol. The van der Waals surface area contributed by atoms with Crippen LogP contribution in [0.3, 0.4) is 0 Å². The molecule has 0 saturated carbocycles. The Labute approximate surface area is 107 Å². The number of nitrogens with one attached hydrogen (secondary N) is 1. The highest BCUT2D eigenvalue weighted by molar-refractivity contribution is 5.85. The van der Waals surface area contributed by atoms with Gasteiger partial charge < -0.3 is 10.4 Å². The van der Waals surface area contributed by atoms with E-state index in [9.17, 15) is 9.50 Å². The van der Waals surface area contributed by atoms with E-state index in [1.807, 2.05) is 25.1 Å². The Morgan fingerprint density at radius 3 is 2.94 bits per heavy atom. The van der Waals surface area contributed by atoms with Gasteiger partial charge >= 0.3 is 0 Å². The molecule has 0 unspecified atom stereocenters. The zero-order valence-electron chi connectivity index (χ0n) is 9.77. The third-order valence-electron chi connectivity index (χ3n) is 2.94. The van der Waals surface area contributed by atoms with Crippen LogP contribution < -0.4 is 5.32 Å². The van der Waals surface area contributed by atoms with Crippen molar-refractivity contribution in [2.75, 3.05) is 6.54 Å². The molecule has 0 radical (unpaired) electrons. The molecule has 3 atom stereocenters. The first kappa shape index (κ1) is 14.4. The Morgan fingerprint density at radius 1 is 1.59 bits per heavy atom. The number of pyridine rings is 1. The standard InChI is InChI=1S/C12H17FN2O.ClH/c1-8-3-2-4-10(15-8)6-12(16)11-5-9(13)7-14-11;/h2-4,9,11-12,14,16H,5-7H2,1H3;1H/t9-,11-,12+;/m1./s1. The normalized spacial score (nSPS) is 25.4. The van der Waals surface area contributed by atoms with Gasteiger partial charge in [-0.25, -0.2) is 4.39 Å². The summed E-state index contributed by atoms with van der Waals surface area (Å²) in [7, 11) is 0. The van der Waals surface area contributed by atoms with Crippen LogP contribution in [0.1, 0.15) is 17.8 Å². The first-order chi connectivity index (χ1) is 7.65. The molecular formula is C12H18ClFN2O. The average Bonchev–Trinajstić information content (AvgIpc) is 2.65. The van der Waals surface area contributed by atoms with E-state index in [1.165, 1.54) is 0 Å². The van der Waals surface area contributed by atoms with Crippen LogP contribution in [0.15, 0.2) is 18.2 Å². The van der Waals surface area contributed by atoms with E-state index in [0.717, 1.165) is 11.4 Å². The Bertz CT molecular complexity index is 364. The highest BCUT2D eigenvalue weighted by Crippen LogP contribution is 2.15. The number of rotatable bonds is 3. The van der Waals surface area contributed by atoms with E-state index >= 15 is 0 Å². The van der Waals surface area contributed by atoms with Crippen molar-refractivity contribution in [2.24, 2.45) is 0 Å². The van der Waals surface area contributed by atoms with Crippen molar-refractivity contribution in [2.45, 2.75) is 38.1 Å². The lowest BCUT2D eigenvalue weighted by Gasteiger charge is -2.17. The molecule has 0 spiro atoms. The summed E-state index contributed by atoms with van der Waals surface area (Å²) in [5.41, 5.74) is 1.80. The quantitative estimate of drug-likeness (QED) is 0.864. The molecule has 0 amide bonds. The van der Waals surface area contributed by atoms with Gasteiger partial charge in [-0.3, -0.25) is 4.98 Å². The Kier molecular flexibility index (Phi) is 5.31. The third kappa shape index (κ3) is 3.91. The largest absolute Gasteiger partial charge is 0.391 e. The zero-order valence-corrected chi connectivity index (χ0v) is 10.6. The van der Waals surface area contributed by atoms with E-state index in [2.05, 4.69) is 10.3 Å². The van der Waals surface area contributed by atoms with Gasteiger partial charge in [0, 0.05) is 30.4 Å². The van der Waals surface area contributed by atoms with Gasteiger partial charge in [0.2, 0.25) is 0 Å². The van der Waals surface area contributed by atoms with Crippen LogP contribution in [0, 0.1) is 6.92 Å². The predicted octanol–water partition coefficient (Wildman–Crippen LogP) is 1.42. The van der Waals surface area contributed by atoms with Crippen molar-refractivity contribution in [3.05, 3.63) is 29.6 Å². The summed E-state index contributed by atoms with van der Waals surface area (Å²) in [5.74, 6) is 0. The Morgan fingerprint density at radius 2 is 2.35 bits per heavy atom. The smallest absolute Gasteiger partial charge is 0.114 e. The summed E-state index contributed by atoms with van der Waals surface area (Å²) >= 11 is 0. The number of aromatic nitrogens is 1. The van der Waals surface area contributed by atoms with Crippen LogP contribution >= 0.6 is 12.4 Å². The summed E-state index contributed by atoms with van der Waals surface area (Å²) < 4.78 is 12.9. The second-order valence-corrected chi connectivity index (χ2v) is 4.39. The minimum Gasteiger partial charge on any atom is -0.391 e.